The lowest BCUT2D eigenvalue weighted by atomic mass is 10.2. The largest absolute Gasteiger partial charge is 0.573 e. The number of anilines is 1. The fourth-order valence-corrected chi connectivity index (χ4v) is 2.55. The van der Waals surface area contributed by atoms with Crippen molar-refractivity contribution < 1.29 is 22.7 Å². The minimum atomic E-state index is -4.77. The number of halogens is 3. The van der Waals surface area contributed by atoms with Crippen molar-refractivity contribution in [3.8, 4) is 5.75 Å². The van der Waals surface area contributed by atoms with Gasteiger partial charge < -0.3 is 15.0 Å². The summed E-state index contributed by atoms with van der Waals surface area (Å²) >= 11 is 0. The molecule has 0 saturated carbocycles. The van der Waals surface area contributed by atoms with Crippen LogP contribution in [0.1, 0.15) is 36.8 Å². The van der Waals surface area contributed by atoms with Crippen LogP contribution in [0.3, 0.4) is 0 Å². The van der Waals surface area contributed by atoms with Gasteiger partial charge in [0.25, 0.3) is 5.91 Å². The van der Waals surface area contributed by atoms with Gasteiger partial charge in [-0.25, -0.2) is 4.68 Å². The number of aromatic nitrogens is 3. The Labute approximate surface area is 146 Å². The van der Waals surface area contributed by atoms with Crippen LogP contribution in [0, 0.1) is 0 Å². The summed E-state index contributed by atoms with van der Waals surface area (Å²) in [6.45, 7) is 3.99. The Morgan fingerprint density at radius 2 is 2.12 bits per heavy atom. The predicted octanol–water partition coefficient (Wildman–Crippen LogP) is 4.49. The molecule has 2 N–H and O–H groups in total. The highest BCUT2D eigenvalue weighted by molar-refractivity contribution is 6.05. The first-order valence-electron chi connectivity index (χ1n) is 8.00. The molecule has 1 atom stereocenters. The lowest BCUT2D eigenvalue weighted by Gasteiger charge is -2.13. The van der Waals surface area contributed by atoms with E-state index in [1.807, 2.05) is 13.8 Å². The number of hydrogen-bond acceptors (Lipinski definition) is 3. The molecular formula is C17H17F3N4O2. The molecule has 0 saturated heterocycles. The molecule has 138 valence electrons. The van der Waals surface area contributed by atoms with Gasteiger partial charge in [-0.2, -0.15) is 5.10 Å². The average molecular weight is 366 g/mol. The van der Waals surface area contributed by atoms with Crippen LogP contribution in [0.2, 0.25) is 0 Å². The molecule has 0 fully saturated rings. The summed E-state index contributed by atoms with van der Waals surface area (Å²) in [5, 5.41) is 7.54. The van der Waals surface area contributed by atoms with Gasteiger partial charge in [0.2, 0.25) is 0 Å². The van der Waals surface area contributed by atoms with Crippen molar-refractivity contribution in [1.82, 2.24) is 14.8 Å². The quantitative estimate of drug-likeness (QED) is 0.699. The van der Waals surface area contributed by atoms with Gasteiger partial charge in [0.15, 0.2) is 0 Å². The first-order valence-corrected chi connectivity index (χ1v) is 8.00. The topological polar surface area (TPSA) is 71.9 Å². The maximum Gasteiger partial charge on any atom is 0.573 e. The van der Waals surface area contributed by atoms with Crippen LogP contribution in [0.5, 0.6) is 5.75 Å². The van der Waals surface area contributed by atoms with Gasteiger partial charge in [0.05, 0.1) is 12.2 Å². The molecule has 0 aliphatic heterocycles. The van der Waals surface area contributed by atoms with Crippen LogP contribution >= 0.6 is 0 Å². The standard InChI is InChI=1S/C17H17F3N4O2/c1-3-10(2)24-15(6-7-21-24)23-16(25)14-8-11-4-5-12(9-13(11)22-14)26-17(18,19)20/h4-10,22H,3H2,1-2H3,(H,23,25). The van der Waals surface area contributed by atoms with Crippen molar-refractivity contribution in [3.63, 3.8) is 0 Å². The molecule has 0 spiro atoms. The fourth-order valence-electron chi connectivity index (χ4n) is 2.55. The Morgan fingerprint density at radius 1 is 1.35 bits per heavy atom. The van der Waals surface area contributed by atoms with Crippen LogP contribution < -0.4 is 10.1 Å². The molecule has 0 aliphatic rings. The van der Waals surface area contributed by atoms with E-state index >= 15 is 0 Å². The second-order valence-corrected chi connectivity index (χ2v) is 5.85. The summed E-state index contributed by atoms with van der Waals surface area (Å²) in [4.78, 5) is 15.3. The van der Waals surface area contributed by atoms with Gasteiger partial charge in [-0.3, -0.25) is 4.79 Å². The van der Waals surface area contributed by atoms with Crippen molar-refractivity contribution in [2.75, 3.05) is 5.32 Å². The van der Waals surface area contributed by atoms with Crippen molar-refractivity contribution in [2.45, 2.75) is 32.7 Å². The maximum atomic E-state index is 12.5. The van der Waals surface area contributed by atoms with Crippen LogP contribution in [0.25, 0.3) is 10.9 Å². The van der Waals surface area contributed by atoms with Crippen molar-refractivity contribution >= 4 is 22.6 Å². The molecule has 0 aliphatic carbocycles. The number of rotatable bonds is 5. The summed E-state index contributed by atoms with van der Waals surface area (Å²) < 4.78 is 42.5. The Hall–Kier alpha value is -2.97. The third kappa shape index (κ3) is 3.81. The first-order chi connectivity index (χ1) is 12.3. The Morgan fingerprint density at radius 3 is 2.81 bits per heavy atom. The lowest BCUT2D eigenvalue weighted by Crippen LogP contribution is -2.17. The van der Waals surface area contributed by atoms with E-state index in [0.717, 1.165) is 6.42 Å². The molecule has 0 radical (unpaired) electrons. The minimum Gasteiger partial charge on any atom is -0.406 e. The number of alkyl halides is 3. The summed E-state index contributed by atoms with van der Waals surface area (Å²) in [5.41, 5.74) is 0.591. The Balaban J connectivity index is 1.82. The zero-order valence-corrected chi connectivity index (χ0v) is 14.1. The van der Waals surface area contributed by atoms with E-state index in [9.17, 15) is 18.0 Å². The number of benzene rings is 1. The van der Waals surface area contributed by atoms with Gasteiger partial charge >= 0.3 is 6.36 Å². The monoisotopic (exact) mass is 366 g/mol. The predicted molar refractivity (Wildman–Crippen MR) is 90.2 cm³/mol. The molecule has 9 heteroatoms. The SMILES string of the molecule is CCC(C)n1nccc1NC(=O)c1cc2ccc(OC(F)(F)F)cc2[nH]1. The van der Waals surface area contributed by atoms with Crippen LogP contribution in [-0.4, -0.2) is 27.0 Å². The average Bonchev–Trinajstić information content (AvgIpc) is 3.18. The van der Waals surface area contributed by atoms with E-state index in [0.29, 0.717) is 16.7 Å². The van der Waals surface area contributed by atoms with Gasteiger partial charge in [0.1, 0.15) is 17.3 Å². The molecule has 3 rings (SSSR count). The van der Waals surface area contributed by atoms with Crippen molar-refractivity contribution in [2.24, 2.45) is 0 Å². The molecule has 1 aromatic carbocycles. The van der Waals surface area contributed by atoms with E-state index in [1.54, 1.807) is 23.0 Å². The second kappa shape index (κ2) is 6.74. The molecular weight excluding hydrogens is 349 g/mol. The van der Waals surface area contributed by atoms with Crippen LogP contribution in [-0.2, 0) is 0 Å². The third-order valence-corrected chi connectivity index (χ3v) is 3.99. The normalized spacial score (nSPS) is 13.0. The van der Waals surface area contributed by atoms with Gasteiger partial charge in [-0.1, -0.05) is 6.92 Å². The second-order valence-electron chi connectivity index (χ2n) is 5.85. The summed E-state index contributed by atoms with van der Waals surface area (Å²) in [7, 11) is 0. The molecule has 1 unspecified atom stereocenters. The Kier molecular flexibility index (Phi) is 4.62. The van der Waals surface area contributed by atoms with Crippen LogP contribution in [0.4, 0.5) is 19.0 Å². The summed E-state index contributed by atoms with van der Waals surface area (Å²) in [5.74, 6) is -0.220. The van der Waals surface area contributed by atoms with E-state index in [1.165, 1.54) is 18.2 Å². The van der Waals surface area contributed by atoms with Gasteiger partial charge in [-0.15, -0.1) is 13.2 Å². The summed E-state index contributed by atoms with van der Waals surface area (Å²) in [6, 6.07) is 7.21. The first kappa shape index (κ1) is 17.8. The number of amides is 1. The molecule has 2 heterocycles. The smallest absolute Gasteiger partial charge is 0.406 e. The number of H-pyrrole nitrogens is 1. The van der Waals surface area contributed by atoms with Gasteiger partial charge in [-0.05, 0) is 31.5 Å². The fraction of sp³-hybridized carbons (Fsp3) is 0.294. The highest BCUT2D eigenvalue weighted by atomic mass is 19.4. The third-order valence-electron chi connectivity index (χ3n) is 3.99. The number of ether oxygens (including phenoxy) is 1. The number of hydrogen-bond donors (Lipinski definition) is 2. The zero-order valence-electron chi connectivity index (χ0n) is 14.1. The molecule has 3 aromatic rings. The molecule has 1 amide bonds. The number of carbonyl (C=O) groups excluding carboxylic acids is 1. The van der Waals surface area contributed by atoms with E-state index in [2.05, 4.69) is 20.1 Å². The highest BCUT2D eigenvalue weighted by Crippen LogP contribution is 2.27. The summed E-state index contributed by atoms with van der Waals surface area (Å²) in [6.07, 6.45) is -2.33. The number of nitrogens with one attached hydrogen (secondary N) is 2. The van der Waals surface area contributed by atoms with Crippen molar-refractivity contribution in [3.05, 3.63) is 42.2 Å². The number of carbonyl (C=O) groups is 1. The molecule has 6 nitrogen and oxygen atoms in total. The maximum absolute atomic E-state index is 12.5. The van der Waals surface area contributed by atoms with Crippen LogP contribution in [0.15, 0.2) is 36.5 Å². The minimum absolute atomic E-state index is 0.116. The van der Waals surface area contributed by atoms with Gasteiger partial charge in [0, 0.05) is 23.0 Å². The number of aromatic amines is 1. The lowest BCUT2D eigenvalue weighted by molar-refractivity contribution is -0.274. The van der Waals surface area contributed by atoms with E-state index in [-0.39, 0.29) is 17.5 Å². The highest BCUT2D eigenvalue weighted by Gasteiger charge is 2.31. The number of fused-ring (bicyclic) bond motifs is 1. The Bertz CT molecular complexity index is 930. The van der Waals surface area contributed by atoms with E-state index < -0.39 is 12.3 Å². The molecule has 0 bridgehead atoms. The molecule has 2 aromatic heterocycles. The number of nitrogens with zero attached hydrogens (tertiary/aromatic N) is 2. The van der Waals surface area contributed by atoms with Crippen molar-refractivity contribution in [1.29, 1.82) is 0 Å². The molecule has 26 heavy (non-hydrogen) atoms. The zero-order chi connectivity index (χ0) is 18.9. The van der Waals surface area contributed by atoms with E-state index in [4.69, 9.17) is 0 Å².